The SMILES string of the molecule is CCOC(=O)c1ccc(N2CCN(C(C)=O)CC2)c(NC(=O)c2ccc(CC)cc2)c1. The van der Waals surface area contributed by atoms with Crippen molar-refractivity contribution in [1.82, 2.24) is 4.90 Å². The number of amides is 2. The van der Waals surface area contributed by atoms with Gasteiger partial charge in [0.1, 0.15) is 0 Å². The number of aryl methyl sites for hydroxylation is 1. The van der Waals surface area contributed by atoms with Gasteiger partial charge in [-0.15, -0.1) is 0 Å². The minimum absolute atomic E-state index is 0.0568. The highest BCUT2D eigenvalue weighted by atomic mass is 16.5. The number of benzene rings is 2. The molecule has 0 aliphatic carbocycles. The van der Waals surface area contributed by atoms with E-state index in [1.165, 1.54) is 0 Å². The normalized spacial score (nSPS) is 13.6. The predicted molar refractivity (Wildman–Crippen MR) is 121 cm³/mol. The van der Waals surface area contributed by atoms with Gasteiger partial charge >= 0.3 is 5.97 Å². The van der Waals surface area contributed by atoms with E-state index in [9.17, 15) is 14.4 Å². The topological polar surface area (TPSA) is 79.0 Å². The zero-order valence-electron chi connectivity index (χ0n) is 18.3. The molecule has 1 aliphatic rings. The molecule has 0 radical (unpaired) electrons. The maximum absolute atomic E-state index is 12.9. The van der Waals surface area contributed by atoms with E-state index in [1.54, 1.807) is 43.0 Å². The van der Waals surface area contributed by atoms with Gasteiger partial charge in [0, 0.05) is 38.7 Å². The van der Waals surface area contributed by atoms with Crippen LogP contribution >= 0.6 is 0 Å². The van der Waals surface area contributed by atoms with Crippen LogP contribution in [0.3, 0.4) is 0 Å². The van der Waals surface area contributed by atoms with E-state index >= 15 is 0 Å². The molecular formula is C24H29N3O4. The molecule has 1 fully saturated rings. The zero-order valence-corrected chi connectivity index (χ0v) is 18.3. The molecule has 1 aliphatic heterocycles. The molecule has 7 heteroatoms. The molecule has 2 amide bonds. The number of ether oxygens (including phenoxy) is 1. The smallest absolute Gasteiger partial charge is 0.338 e. The van der Waals surface area contributed by atoms with Gasteiger partial charge in [-0.2, -0.15) is 0 Å². The van der Waals surface area contributed by atoms with Crippen molar-refractivity contribution in [2.45, 2.75) is 27.2 Å². The molecule has 0 aromatic heterocycles. The second-order valence-corrected chi connectivity index (χ2v) is 7.45. The monoisotopic (exact) mass is 423 g/mol. The summed E-state index contributed by atoms with van der Waals surface area (Å²) in [5.41, 5.74) is 3.45. The Balaban J connectivity index is 1.87. The summed E-state index contributed by atoms with van der Waals surface area (Å²) in [6.45, 7) is 8.18. The number of rotatable bonds is 6. The molecule has 2 aromatic carbocycles. The van der Waals surface area contributed by atoms with E-state index in [0.717, 1.165) is 17.7 Å². The summed E-state index contributed by atoms with van der Waals surface area (Å²) < 4.78 is 5.11. The molecule has 0 atom stereocenters. The lowest BCUT2D eigenvalue weighted by molar-refractivity contribution is -0.129. The number of hydrogen-bond acceptors (Lipinski definition) is 5. The van der Waals surface area contributed by atoms with Crippen molar-refractivity contribution in [3.8, 4) is 0 Å². The summed E-state index contributed by atoms with van der Waals surface area (Å²) in [4.78, 5) is 40.7. The van der Waals surface area contributed by atoms with Crippen LogP contribution in [0.2, 0.25) is 0 Å². The first kappa shape index (κ1) is 22.3. The minimum atomic E-state index is -0.432. The van der Waals surface area contributed by atoms with Gasteiger partial charge in [0.05, 0.1) is 23.5 Å². The lowest BCUT2D eigenvalue weighted by Crippen LogP contribution is -2.48. The molecule has 31 heavy (non-hydrogen) atoms. The van der Waals surface area contributed by atoms with Crippen LogP contribution in [0.1, 0.15) is 47.1 Å². The van der Waals surface area contributed by atoms with E-state index < -0.39 is 5.97 Å². The molecule has 2 aromatic rings. The molecule has 0 spiro atoms. The number of carbonyl (C=O) groups is 3. The highest BCUT2D eigenvalue weighted by molar-refractivity contribution is 6.07. The summed E-state index contributed by atoms with van der Waals surface area (Å²) >= 11 is 0. The Bertz CT molecular complexity index is 948. The van der Waals surface area contributed by atoms with E-state index in [4.69, 9.17) is 4.74 Å². The summed E-state index contributed by atoms with van der Waals surface area (Å²) in [6.07, 6.45) is 0.903. The van der Waals surface area contributed by atoms with Gasteiger partial charge in [-0.05, 0) is 49.2 Å². The summed E-state index contributed by atoms with van der Waals surface area (Å²) in [6, 6.07) is 12.7. The van der Waals surface area contributed by atoms with Gasteiger partial charge < -0.3 is 19.9 Å². The van der Waals surface area contributed by atoms with Crippen LogP contribution in [0.4, 0.5) is 11.4 Å². The van der Waals surface area contributed by atoms with Gasteiger partial charge in [0.2, 0.25) is 5.91 Å². The van der Waals surface area contributed by atoms with Crippen molar-refractivity contribution >= 4 is 29.2 Å². The van der Waals surface area contributed by atoms with Crippen molar-refractivity contribution < 1.29 is 19.1 Å². The average Bonchev–Trinajstić information content (AvgIpc) is 2.79. The lowest BCUT2D eigenvalue weighted by Gasteiger charge is -2.36. The Labute approximate surface area is 183 Å². The van der Waals surface area contributed by atoms with Crippen molar-refractivity contribution in [1.29, 1.82) is 0 Å². The van der Waals surface area contributed by atoms with Crippen molar-refractivity contribution in [3.63, 3.8) is 0 Å². The van der Waals surface area contributed by atoms with Crippen LogP contribution in [0.5, 0.6) is 0 Å². The largest absolute Gasteiger partial charge is 0.462 e. The van der Waals surface area contributed by atoms with Gasteiger partial charge in [-0.1, -0.05) is 19.1 Å². The number of carbonyl (C=O) groups excluding carboxylic acids is 3. The fraction of sp³-hybridized carbons (Fsp3) is 0.375. The van der Waals surface area contributed by atoms with Crippen molar-refractivity contribution in [2.75, 3.05) is 43.0 Å². The number of nitrogens with zero attached hydrogens (tertiary/aromatic N) is 2. The highest BCUT2D eigenvalue weighted by Gasteiger charge is 2.22. The Kier molecular flexibility index (Phi) is 7.28. The van der Waals surface area contributed by atoms with Crippen LogP contribution in [-0.4, -0.2) is 55.5 Å². The third-order valence-corrected chi connectivity index (χ3v) is 5.45. The van der Waals surface area contributed by atoms with E-state index in [2.05, 4.69) is 17.1 Å². The maximum atomic E-state index is 12.9. The molecule has 1 N–H and O–H groups in total. The number of nitrogens with one attached hydrogen (secondary N) is 1. The summed E-state index contributed by atoms with van der Waals surface area (Å²) in [7, 11) is 0. The number of hydrogen-bond donors (Lipinski definition) is 1. The average molecular weight is 424 g/mol. The fourth-order valence-corrected chi connectivity index (χ4v) is 3.60. The highest BCUT2D eigenvalue weighted by Crippen LogP contribution is 2.29. The zero-order chi connectivity index (χ0) is 22.4. The molecule has 3 rings (SSSR count). The van der Waals surface area contributed by atoms with Crippen LogP contribution < -0.4 is 10.2 Å². The van der Waals surface area contributed by atoms with E-state index in [1.807, 2.05) is 18.2 Å². The van der Waals surface area contributed by atoms with Crippen LogP contribution in [0.25, 0.3) is 0 Å². The van der Waals surface area contributed by atoms with Gasteiger partial charge in [-0.3, -0.25) is 9.59 Å². The van der Waals surface area contributed by atoms with Gasteiger partial charge in [-0.25, -0.2) is 4.79 Å². The maximum Gasteiger partial charge on any atom is 0.338 e. The van der Waals surface area contributed by atoms with Crippen LogP contribution in [0.15, 0.2) is 42.5 Å². The Hall–Kier alpha value is -3.35. The van der Waals surface area contributed by atoms with Crippen molar-refractivity contribution in [2.24, 2.45) is 0 Å². The second-order valence-electron chi connectivity index (χ2n) is 7.45. The number of esters is 1. The molecule has 1 saturated heterocycles. The molecule has 164 valence electrons. The van der Waals surface area contributed by atoms with Crippen LogP contribution in [0, 0.1) is 0 Å². The third-order valence-electron chi connectivity index (χ3n) is 5.45. The Morgan fingerprint density at radius 1 is 0.935 bits per heavy atom. The quantitative estimate of drug-likeness (QED) is 0.721. The summed E-state index contributed by atoms with van der Waals surface area (Å²) in [5.74, 6) is -0.619. The first-order valence-electron chi connectivity index (χ1n) is 10.6. The van der Waals surface area contributed by atoms with Crippen molar-refractivity contribution in [3.05, 3.63) is 59.2 Å². The first-order chi connectivity index (χ1) is 14.9. The first-order valence-corrected chi connectivity index (χ1v) is 10.6. The van der Waals surface area contributed by atoms with Gasteiger partial charge in [0.15, 0.2) is 0 Å². The predicted octanol–water partition coefficient (Wildman–Crippen LogP) is 3.35. The number of anilines is 2. The fourth-order valence-electron chi connectivity index (χ4n) is 3.60. The third kappa shape index (κ3) is 5.42. The second kappa shape index (κ2) is 10.1. The van der Waals surface area contributed by atoms with E-state index in [0.29, 0.717) is 43.0 Å². The molecule has 7 nitrogen and oxygen atoms in total. The standard InChI is InChI=1S/C24H29N3O4/c1-4-18-6-8-19(9-7-18)23(29)25-21-16-20(24(30)31-5-2)10-11-22(21)27-14-12-26(13-15-27)17(3)28/h6-11,16H,4-5,12-15H2,1-3H3,(H,25,29). The minimum Gasteiger partial charge on any atom is -0.462 e. The summed E-state index contributed by atoms with van der Waals surface area (Å²) in [5, 5.41) is 2.96. The van der Waals surface area contributed by atoms with Gasteiger partial charge in [0.25, 0.3) is 5.91 Å². The lowest BCUT2D eigenvalue weighted by atomic mass is 10.1. The van der Waals surface area contributed by atoms with E-state index in [-0.39, 0.29) is 18.4 Å². The Morgan fingerprint density at radius 2 is 1.58 bits per heavy atom. The Morgan fingerprint density at radius 3 is 2.16 bits per heavy atom. The molecule has 0 saturated carbocycles. The number of piperazine rings is 1. The molecular weight excluding hydrogens is 394 g/mol. The van der Waals surface area contributed by atoms with Crippen LogP contribution in [-0.2, 0) is 16.0 Å². The molecule has 1 heterocycles. The molecule has 0 unspecified atom stereocenters. The molecule has 0 bridgehead atoms.